The van der Waals surface area contributed by atoms with Crippen molar-refractivity contribution in [2.24, 2.45) is 0 Å². The topological polar surface area (TPSA) is 73.9 Å². The van der Waals surface area contributed by atoms with Crippen LogP contribution in [0.15, 0.2) is 59.5 Å². The standard InChI is InChI=1S/C17H11FN4O2/c18-13-3-1-2-4-15(13)23-10-16-21-17(24-22-16)11-5-8-20-14-6-7-19-9-12(11)14/h1-9H,10H2. The van der Waals surface area contributed by atoms with Crippen LogP contribution in [0.4, 0.5) is 4.39 Å². The number of benzene rings is 1. The molecular weight excluding hydrogens is 311 g/mol. The van der Waals surface area contributed by atoms with Crippen LogP contribution in [0.5, 0.6) is 5.75 Å². The molecule has 0 aliphatic rings. The predicted octanol–water partition coefficient (Wildman–Crippen LogP) is 3.40. The molecule has 0 N–H and O–H groups in total. The number of aromatic nitrogens is 4. The number of para-hydroxylation sites is 1. The molecule has 0 unspecified atom stereocenters. The highest BCUT2D eigenvalue weighted by Crippen LogP contribution is 2.25. The monoisotopic (exact) mass is 322 g/mol. The Balaban J connectivity index is 1.59. The van der Waals surface area contributed by atoms with Crippen LogP contribution in [0.25, 0.3) is 22.4 Å². The maximum absolute atomic E-state index is 13.5. The summed E-state index contributed by atoms with van der Waals surface area (Å²) in [5, 5.41) is 4.68. The van der Waals surface area contributed by atoms with E-state index in [1.54, 1.807) is 48.9 Å². The van der Waals surface area contributed by atoms with Crippen molar-refractivity contribution in [3.63, 3.8) is 0 Å². The summed E-state index contributed by atoms with van der Waals surface area (Å²) in [6.45, 7) is 0.00565. The van der Waals surface area contributed by atoms with Crippen molar-refractivity contribution >= 4 is 10.9 Å². The fraction of sp³-hybridized carbons (Fsp3) is 0.0588. The van der Waals surface area contributed by atoms with Crippen molar-refractivity contribution in [2.45, 2.75) is 6.61 Å². The van der Waals surface area contributed by atoms with Gasteiger partial charge in [0.15, 0.2) is 18.2 Å². The maximum Gasteiger partial charge on any atom is 0.258 e. The summed E-state index contributed by atoms with van der Waals surface area (Å²) in [7, 11) is 0. The van der Waals surface area contributed by atoms with E-state index < -0.39 is 5.82 Å². The Bertz CT molecular complexity index is 997. The first-order chi connectivity index (χ1) is 11.8. The van der Waals surface area contributed by atoms with Crippen LogP contribution in [-0.4, -0.2) is 20.1 Å². The van der Waals surface area contributed by atoms with E-state index in [1.807, 2.05) is 0 Å². The van der Waals surface area contributed by atoms with Crippen LogP contribution in [0.2, 0.25) is 0 Å². The van der Waals surface area contributed by atoms with E-state index in [9.17, 15) is 4.39 Å². The SMILES string of the molecule is Fc1ccccc1OCc1noc(-c2ccnc3ccncc23)n1. The van der Waals surface area contributed by atoms with Gasteiger partial charge >= 0.3 is 0 Å². The molecule has 3 heterocycles. The van der Waals surface area contributed by atoms with Crippen LogP contribution in [0.3, 0.4) is 0 Å². The fourth-order valence-corrected chi connectivity index (χ4v) is 2.30. The molecule has 4 aromatic rings. The highest BCUT2D eigenvalue weighted by molar-refractivity contribution is 5.91. The molecule has 0 amide bonds. The molecule has 0 atom stereocenters. The zero-order valence-electron chi connectivity index (χ0n) is 12.4. The van der Waals surface area contributed by atoms with E-state index in [0.717, 1.165) is 16.5 Å². The summed E-state index contributed by atoms with van der Waals surface area (Å²) in [4.78, 5) is 12.7. The third kappa shape index (κ3) is 2.67. The summed E-state index contributed by atoms with van der Waals surface area (Å²) in [6, 6.07) is 9.73. The third-order valence-corrected chi connectivity index (χ3v) is 3.43. The molecule has 0 saturated carbocycles. The number of pyridine rings is 2. The number of fused-ring (bicyclic) bond motifs is 1. The zero-order valence-corrected chi connectivity index (χ0v) is 12.4. The molecule has 0 bridgehead atoms. The van der Waals surface area contributed by atoms with Crippen molar-refractivity contribution in [3.8, 4) is 17.2 Å². The van der Waals surface area contributed by atoms with Crippen molar-refractivity contribution in [1.29, 1.82) is 0 Å². The minimum absolute atomic E-state index is 0.00565. The lowest BCUT2D eigenvalue weighted by atomic mass is 10.1. The summed E-state index contributed by atoms with van der Waals surface area (Å²) >= 11 is 0. The van der Waals surface area contributed by atoms with Gasteiger partial charge in [-0.25, -0.2) is 4.39 Å². The Hall–Kier alpha value is -3.35. The normalized spacial score (nSPS) is 10.9. The third-order valence-electron chi connectivity index (χ3n) is 3.43. The van der Waals surface area contributed by atoms with Gasteiger partial charge in [0.1, 0.15) is 0 Å². The highest BCUT2D eigenvalue weighted by atomic mass is 19.1. The smallest absolute Gasteiger partial charge is 0.258 e. The van der Waals surface area contributed by atoms with E-state index in [4.69, 9.17) is 9.26 Å². The lowest BCUT2D eigenvalue weighted by molar-refractivity contribution is 0.274. The molecule has 0 aliphatic carbocycles. The molecule has 24 heavy (non-hydrogen) atoms. The molecule has 6 nitrogen and oxygen atoms in total. The van der Waals surface area contributed by atoms with Gasteiger partial charge in [0.2, 0.25) is 5.82 Å². The van der Waals surface area contributed by atoms with Gasteiger partial charge in [-0.2, -0.15) is 4.98 Å². The van der Waals surface area contributed by atoms with Crippen LogP contribution in [0, 0.1) is 5.82 Å². The van der Waals surface area contributed by atoms with Gasteiger partial charge in [0.05, 0.1) is 11.1 Å². The molecule has 0 aliphatic heterocycles. The van der Waals surface area contributed by atoms with E-state index in [1.165, 1.54) is 6.07 Å². The first kappa shape index (κ1) is 14.3. The molecule has 1 aromatic carbocycles. The van der Waals surface area contributed by atoms with Gasteiger partial charge in [-0.1, -0.05) is 17.3 Å². The molecule has 7 heteroatoms. The predicted molar refractivity (Wildman–Crippen MR) is 83.6 cm³/mol. The minimum Gasteiger partial charge on any atom is -0.482 e. The highest BCUT2D eigenvalue weighted by Gasteiger charge is 2.13. The molecule has 3 aromatic heterocycles. The molecular formula is C17H11FN4O2. The zero-order chi connectivity index (χ0) is 16.4. The average Bonchev–Trinajstić information content (AvgIpc) is 3.09. The van der Waals surface area contributed by atoms with Gasteiger partial charge in [-0.3, -0.25) is 9.97 Å². The lowest BCUT2D eigenvalue weighted by Crippen LogP contribution is -1.99. The van der Waals surface area contributed by atoms with Crippen LogP contribution in [-0.2, 0) is 6.61 Å². The quantitative estimate of drug-likeness (QED) is 0.573. The largest absolute Gasteiger partial charge is 0.482 e. The number of rotatable bonds is 4. The average molecular weight is 322 g/mol. The number of hydrogen-bond acceptors (Lipinski definition) is 6. The first-order valence-electron chi connectivity index (χ1n) is 7.20. The summed E-state index contributed by atoms with van der Waals surface area (Å²) in [6.07, 6.45) is 5.02. The minimum atomic E-state index is -0.438. The number of ether oxygens (including phenoxy) is 1. The van der Waals surface area contributed by atoms with E-state index in [0.29, 0.717) is 11.7 Å². The van der Waals surface area contributed by atoms with Gasteiger partial charge in [-0.05, 0) is 24.3 Å². The molecule has 0 saturated heterocycles. The fourth-order valence-electron chi connectivity index (χ4n) is 2.30. The summed E-state index contributed by atoms with van der Waals surface area (Å²) < 4.78 is 24.2. The van der Waals surface area contributed by atoms with Crippen LogP contribution < -0.4 is 4.74 Å². The molecule has 0 radical (unpaired) electrons. The molecule has 0 fully saturated rings. The second-order valence-electron chi connectivity index (χ2n) is 4.99. The van der Waals surface area contributed by atoms with Gasteiger partial charge < -0.3 is 9.26 Å². The van der Waals surface area contributed by atoms with Crippen molar-refractivity contribution in [2.75, 3.05) is 0 Å². The van der Waals surface area contributed by atoms with E-state index >= 15 is 0 Å². The Kier molecular flexibility index (Phi) is 3.59. The van der Waals surface area contributed by atoms with Crippen LogP contribution >= 0.6 is 0 Å². The van der Waals surface area contributed by atoms with Gasteiger partial charge in [0.25, 0.3) is 5.89 Å². The molecule has 118 valence electrons. The number of halogens is 1. The van der Waals surface area contributed by atoms with Crippen molar-refractivity contribution in [1.82, 2.24) is 20.1 Å². The van der Waals surface area contributed by atoms with E-state index in [-0.39, 0.29) is 12.4 Å². The summed E-state index contributed by atoms with van der Waals surface area (Å²) in [5.41, 5.74) is 1.52. The molecule has 0 spiro atoms. The summed E-state index contributed by atoms with van der Waals surface area (Å²) in [5.74, 6) is 0.361. The second-order valence-corrected chi connectivity index (χ2v) is 4.99. The Morgan fingerprint density at radius 3 is 2.92 bits per heavy atom. The molecule has 4 rings (SSSR count). The van der Waals surface area contributed by atoms with Crippen molar-refractivity contribution in [3.05, 3.63) is 66.6 Å². The lowest BCUT2D eigenvalue weighted by Gasteiger charge is -2.03. The Morgan fingerprint density at radius 1 is 1.08 bits per heavy atom. The van der Waals surface area contributed by atoms with Gasteiger partial charge in [0, 0.05) is 24.0 Å². The van der Waals surface area contributed by atoms with Crippen molar-refractivity contribution < 1.29 is 13.7 Å². The van der Waals surface area contributed by atoms with E-state index in [2.05, 4.69) is 20.1 Å². The van der Waals surface area contributed by atoms with Gasteiger partial charge in [-0.15, -0.1) is 0 Å². The number of nitrogens with zero attached hydrogens (tertiary/aromatic N) is 4. The second kappa shape index (κ2) is 6.04. The first-order valence-corrected chi connectivity index (χ1v) is 7.20. The van der Waals surface area contributed by atoms with Crippen LogP contribution in [0.1, 0.15) is 5.82 Å². The Morgan fingerprint density at radius 2 is 2.00 bits per heavy atom. The maximum atomic E-state index is 13.5. The number of hydrogen-bond donors (Lipinski definition) is 0. The Labute approximate surface area is 135 Å².